The maximum absolute atomic E-state index is 13.7. The van der Waals surface area contributed by atoms with E-state index in [1.807, 2.05) is 13.8 Å². The first-order valence-corrected chi connectivity index (χ1v) is 13.0. The van der Waals surface area contributed by atoms with Gasteiger partial charge in [-0.25, -0.2) is 9.40 Å². The molecular formula is C25H30FN3O6S. The third-order valence-corrected chi connectivity index (χ3v) is 6.40. The molecule has 1 heterocycles. The topological polar surface area (TPSA) is 107 Å². The minimum atomic E-state index is -3.94. The lowest BCUT2D eigenvalue weighted by Crippen LogP contribution is -2.29. The van der Waals surface area contributed by atoms with Gasteiger partial charge in [0, 0.05) is 25.1 Å². The Hall–Kier alpha value is -3.47. The second-order valence-corrected chi connectivity index (χ2v) is 10.1. The molecule has 1 aliphatic heterocycles. The fraction of sp³-hybridized carbons (Fsp3) is 0.400. The number of carbonyl (C=O) groups is 1. The summed E-state index contributed by atoms with van der Waals surface area (Å²) < 4.78 is 59.0. The maximum Gasteiger partial charge on any atom is 0.302 e. The first-order valence-electron chi connectivity index (χ1n) is 11.5. The molecule has 11 heteroatoms. The minimum absolute atomic E-state index is 0.0438. The second-order valence-electron chi connectivity index (χ2n) is 8.56. The van der Waals surface area contributed by atoms with Gasteiger partial charge in [-0.15, -0.1) is 4.40 Å². The lowest BCUT2D eigenvalue weighted by Gasteiger charge is -2.21. The Bertz CT molecular complexity index is 1260. The van der Waals surface area contributed by atoms with Crippen LogP contribution in [0.25, 0.3) is 0 Å². The van der Waals surface area contributed by atoms with E-state index < -0.39 is 15.8 Å². The van der Waals surface area contributed by atoms with Crippen LogP contribution in [-0.2, 0) is 19.6 Å². The predicted molar refractivity (Wildman–Crippen MR) is 134 cm³/mol. The van der Waals surface area contributed by atoms with Crippen molar-refractivity contribution in [1.82, 2.24) is 5.01 Å². The van der Waals surface area contributed by atoms with E-state index >= 15 is 0 Å². The standard InChI is InChI=1S/C25H30FN3O6S/c1-17(2)16-29(27-15-19-7-10-22(26)23(13-19)33-4)25-21-9-8-20(14-24(21)36(31,32)28-25)35-12-6-5-11-34-18(3)30/h7-10,13-15,17H,5-6,11-12,16H2,1-4H3/b27-15+. The van der Waals surface area contributed by atoms with Gasteiger partial charge in [0.25, 0.3) is 10.0 Å². The molecule has 0 saturated carbocycles. The van der Waals surface area contributed by atoms with Gasteiger partial charge < -0.3 is 14.2 Å². The molecule has 0 saturated heterocycles. The first kappa shape index (κ1) is 27.1. The fourth-order valence-electron chi connectivity index (χ4n) is 3.43. The SMILES string of the molecule is COc1cc(/C=N/N(CC(C)C)C2=NS(=O)(=O)c3cc(OCCCCOC(C)=O)ccc32)ccc1F. The van der Waals surface area contributed by atoms with Gasteiger partial charge in [-0.05, 0) is 48.6 Å². The zero-order valence-corrected chi connectivity index (χ0v) is 21.5. The summed E-state index contributed by atoms with van der Waals surface area (Å²) in [5.74, 6) is 0.0176. The Morgan fingerprint density at radius 3 is 2.61 bits per heavy atom. The fourth-order valence-corrected chi connectivity index (χ4v) is 4.65. The van der Waals surface area contributed by atoms with Crippen LogP contribution >= 0.6 is 0 Å². The monoisotopic (exact) mass is 519 g/mol. The van der Waals surface area contributed by atoms with Crippen LogP contribution in [0.1, 0.15) is 44.7 Å². The Labute approximate surface area is 210 Å². The number of methoxy groups -OCH3 is 1. The number of halogens is 1. The van der Waals surface area contributed by atoms with Gasteiger partial charge in [0.15, 0.2) is 17.4 Å². The van der Waals surface area contributed by atoms with Crippen LogP contribution in [0.4, 0.5) is 4.39 Å². The van der Waals surface area contributed by atoms with E-state index in [0.717, 1.165) is 0 Å². The normalized spacial score (nSPS) is 14.0. The number of sulfonamides is 1. The van der Waals surface area contributed by atoms with Gasteiger partial charge in [0.1, 0.15) is 10.6 Å². The van der Waals surface area contributed by atoms with Gasteiger partial charge in [-0.2, -0.15) is 13.5 Å². The summed E-state index contributed by atoms with van der Waals surface area (Å²) in [5, 5.41) is 5.99. The number of hydrogen-bond acceptors (Lipinski definition) is 8. The van der Waals surface area contributed by atoms with Gasteiger partial charge in [-0.1, -0.05) is 19.9 Å². The summed E-state index contributed by atoms with van der Waals surface area (Å²) in [4.78, 5) is 10.8. The van der Waals surface area contributed by atoms with Crippen molar-refractivity contribution in [3.05, 3.63) is 53.3 Å². The molecular weight excluding hydrogens is 489 g/mol. The van der Waals surface area contributed by atoms with E-state index in [1.54, 1.807) is 18.2 Å². The molecule has 0 aromatic heterocycles. The summed E-state index contributed by atoms with van der Waals surface area (Å²) in [6.45, 7) is 6.37. The van der Waals surface area contributed by atoms with E-state index in [9.17, 15) is 17.6 Å². The molecule has 0 unspecified atom stereocenters. The van der Waals surface area contributed by atoms with Crippen molar-refractivity contribution in [2.24, 2.45) is 15.4 Å². The molecule has 0 N–H and O–H groups in total. The van der Waals surface area contributed by atoms with E-state index in [2.05, 4.69) is 9.50 Å². The number of rotatable bonds is 11. The third kappa shape index (κ3) is 7.03. The van der Waals surface area contributed by atoms with Crippen LogP contribution in [0, 0.1) is 11.7 Å². The largest absolute Gasteiger partial charge is 0.494 e. The van der Waals surface area contributed by atoms with Crippen molar-refractivity contribution in [2.45, 2.75) is 38.5 Å². The van der Waals surface area contributed by atoms with Crippen LogP contribution in [-0.4, -0.2) is 58.3 Å². The number of esters is 1. The molecule has 194 valence electrons. The van der Waals surface area contributed by atoms with Crippen LogP contribution in [0.5, 0.6) is 11.5 Å². The van der Waals surface area contributed by atoms with Crippen LogP contribution in [0.2, 0.25) is 0 Å². The molecule has 0 fully saturated rings. The maximum atomic E-state index is 13.7. The molecule has 0 atom stereocenters. The number of nitrogens with zero attached hydrogens (tertiary/aromatic N) is 3. The molecule has 0 aliphatic carbocycles. The van der Waals surface area contributed by atoms with Crippen LogP contribution < -0.4 is 9.47 Å². The van der Waals surface area contributed by atoms with Crippen molar-refractivity contribution >= 4 is 28.0 Å². The van der Waals surface area contributed by atoms with E-state index in [1.165, 1.54) is 43.5 Å². The summed E-state index contributed by atoms with van der Waals surface area (Å²) in [5.41, 5.74) is 1.01. The predicted octanol–water partition coefficient (Wildman–Crippen LogP) is 4.00. The summed E-state index contributed by atoms with van der Waals surface area (Å²) in [7, 11) is -2.57. The molecule has 36 heavy (non-hydrogen) atoms. The Morgan fingerprint density at radius 2 is 1.92 bits per heavy atom. The van der Waals surface area contributed by atoms with Crippen molar-refractivity contribution in [1.29, 1.82) is 0 Å². The number of hydrogen-bond donors (Lipinski definition) is 0. The molecule has 0 amide bonds. The van der Waals surface area contributed by atoms with Gasteiger partial charge in [0.05, 0.1) is 26.5 Å². The minimum Gasteiger partial charge on any atom is -0.494 e. The lowest BCUT2D eigenvalue weighted by molar-refractivity contribution is -0.141. The summed E-state index contributed by atoms with van der Waals surface area (Å²) in [6, 6.07) is 9.11. The van der Waals surface area contributed by atoms with Crippen LogP contribution in [0.15, 0.2) is 50.8 Å². The van der Waals surface area contributed by atoms with E-state index in [4.69, 9.17) is 14.2 Å². The number of benzene rings is 2. The van der Waals surface area contributed by atoms with Crippen molar-refractivity contribution in [2.75, 3.05) is 26.9 Å². The molecule has 0 spiro atoms. The van der Waals surface area contributed by atoms with Crippen molar-refractivity contribution < 1.29 is 31.8 Å². The van der Waals surface area contributed by atoms with E-state index in [-0.39, 0.29) is 28.4 Å². The second kappa shape index (κ2) is 12.0. The Balaban J connectivity index is 1.79. The zero-order chi connectivity index (χ0) is 26.3. The summed E-state index contributed by atoms with van der Waals surface area (Å²) in [6.07, 6.45) is 2.78. The molecule has 9 nitrogen and oxygen atoms in total. The summed E-state index contributed by atoms with van der Waals surface area (Å²) >= 11 is 0. The molecule has 0 bridgehead atoms. The Kier molecular flexibility index (Phi) is 9.03. The molecule has 1 aliphatic rings. The molecule has 3 rings (SSSR count). The number of amidine groups is 1. The molecule has 0 radical (unpaired) electrons. The van der Waals surface area contributed by atoms with Crippen LogP contribution in [0.3, 0.4) is 0 Å². The number of carbonyl (C=O) groups excluding carboxylic acids is 1. The quantitative estimate of drug-likeness (QED) is 0.191. The first-order chi connectivity index (χ1) is 17.1. The van der Waals surface area contributed by atoms with Crippen molar-refractivity contribution in [3.8, 4) is 11.5 Å². The number of unbranched alkanes of at least 4 members (excludes halogenated alkanes) is 1. The highest BCUT2D eigenvalue weighted by Gasteiger charge is 2.33. The van der Waals surface area contributed by atoms with Gasteiger partial charge in [0.2, 0.25) is 0 Å². The lowest BCUT2D eigenvalue weighted by atomic mass is 10.1. The van der Waals surface area contributed by atoms with E-state index in [0.29, 0.717) is 49.5 Å². The highest BCUT2D eigenvalue weighted by molar-refractivity contribution is 7.90. The average Bonchev–Trinajstić information content (AvgIpc) is 3.09. The smallest absolute Gasteiger partial charge is 0.302 e. The van der Waals surface area contributed by atoms with Crippen molar-refractivity contribution in [3.63, 3.8) is 0 Å². The van der Waals surface area contributed by atoms with Gasteiger partial charge >= 0.3 is 5.97 Å². The van der Waals surface area contributed by atoms with Gasteiger partial charge in [-0.3, -0.25) is 4.79 Å². The number of fused-ring (bicyclic) bond motifs is 1. The molecule has 2 aromatic carbocycles. The Morgan fingerprint density at radius 1 is 1.17 bits per heavy atom. The molecule has 2 aromatic rings. The number of hydrazone groups is 1. The highest BCUT2D eigenvalue weighted by Crippen LogP contribution is 2.31. The highest BCUT2D eigenvalue weighted by atomic mass is 32.2. The number of ether oxygens (including phenoxy) is 3. The average molecular weight is 520 g/mol. The zero-order valence-electron chi connectivity index (χ0n) is 20.7. The third-order valence-electron chi connectivity index (χ3n) is 5.10.